The molecule has 0 bridgehead atoms. The zero-order chi connectivity index (χ0) is 37.6. The molecular weight excluding hydrogens is 872 g/mol. The van der Waals surface area contributed by atoms with Gasteiger partial charge < -0.3 is 19.0 Å². The minimum Gasteiger partial charge on any atom is -0.508 e. The van der Waals surface area contributed by atoms with Gasteiger partial charge in [-0.3, -0.25) is 4.58 Å². The summed E-state index contributed by atoms with van der Waals surface area (Å²) in [5.41, 5.74) is 12.8. The molecule has 3 aliphatic rings. The molecule has 1 unspecified atom stereocenters. The first-order valence-electron chi connectivity index (χ1n) is 18.9. The van der Waals surface area contributed by atoms with Gasteiger partial charge in [-0.1, -0.05) is 105 Å². The van der Waals surface area contributed by atoms with E-state index in [1.165, 1.54) is 0 Å². The third-order valence-electron chi connectivity index (χ3n) is 13.3. The van der Waals surface area contributed by atoms with E-state index in [-0.39, 0.29) is 37.6 Å². The first kappa shape index (κ1) is 34.7. The van der Waals surface area contributed by atoms with Crippen LogP contribution in [0.5, 0.6) is 5.75 Å². The Morgan fingerprint density at radius 2 is 1.39 bits per heavy atom. The number of rotatable bonds is 1. The van der Waals surface area contributed by atoms with Crippen molar-refractivity contribution < 1.29 is 35.3 Å². The maximum Gasteiger partial charge on any atom is 0.244 e. The van der Waals surface area contributed by atoms with E-state index in [2.05, 4.69) is 169 Å². The summed E-state index contributed by atoms with van der Waals surface area (Å²) in [7, 11) is 1.97. The molecule has 278 valence electrons. The monoisotopic (exact) mass is 910 g/mol. The average Bonchev–Trinajstić information content (AvgIpc) is 3.71. The van der Waals surface area contributed by atoms with Gasteiger partial charge in [-0.2, -0.15) is 30.3 Å². The molecule has 0 saturated carbocycles. The van der Waals surface area contributed by atoms with E-state index in [9.17, 15) is 5.11 Å². The molecule has 56 heavy (non-hydrogen) atoms. The number of pyridine rings is 1. The second-order valence-corrected chi connectivity index (χ2v) is 16.4. The van der Waals surface area contributed by atoms with Crippen LogP contribution in [0.2, 0.25) is 0 Å². The van der Waals surface area contributed by atoms with Crippen LogP contribution in [-0.2, 0) is 33.5 Å². The van der Waals surface area contributed by atoms with Crippen molar-refractivity contribution in [3.8, 4) is 33.7 Å². The van der Waals surface area contributed by atoms with Crippen molar-refractivity contribution >= 4 is 51.3 Å². The van der Waals surface area contributed by atoms with E-state index in [0.29, 0.717) is 0 Å². The fraction of sp³-hybridized carbons (Fsp3) is 0.188. The Balaban J connectivity index is 0.00000384. The Bertz CT molecular complexity index is 3060. The van der Waals surface area contributed by atoms with E-state index in [4.69, 9.17) is 4.98 Å². The molecule has 0 saturated heterocycles. The predicted molar refractivity (Wildman–Crippen MR) is 218 cm³/mol. The van der Waals surface area contributed by atoms with Crippen molar-refractivity contribution in [2.24, 2.45) is 12.5 Å². The summed E-state index contributed by atoms with van der Waals surface area (Å²) >= 11 is 0. The van der Waals surface area contributed by atoms with Crippen molar-refractivity contribution in [3.05, 3.63) is 145 Å². The average molecular weight is 911 g/mol. The van der Waals surface area contributed by atoms with Crippen molar-refractivity contribution in [1.29, 1.82) is 0 Å². The molecule has 8 heteroatoms. The zero-order valence-electron chi connectivity index (χ0n) is 32.0. The summed E-state index contributed by atoms with van der Waals surface area (Å²) in [6, 6.07) is 43.6. The van der Waals surface area contributed by atoms with Gasteiger partial charge in [0.25, 0.3) is 0 Å². The van der Waals surface area contributed by atoms with Gasteiger partial charge in [0, 0.05) is 37.5 Å². The van der Waals surface area contributed by atoms with E-state index >= 15 is 0 Å². The van der Waals surface area contributed by atoms with Crippen molar-refractivity contribution in [1.82, 2.24) is 14.0 Å². The topological polar surface area (TPSA) is 52.6 Å². The number of para-hydroxylation sites is 3. The first-order valence-corrected chi connectivity index (χ1v) is 18.9. The Morgan fingerprint density at radius 3 is 2.16 bits per heavy atom. The quantitative estimate of drug-likeness (QED) is 0.132. The maximum atomic E-state index is 11.8. The Morgan fingerprint density at radius 1 is 0.732 bits per heavy atom. The van der Waals surface area contributed by atoms with Gasteiger partial charge in [0.1, 0.15) is 18.3 Å². The Kier molecular flexibility index (Phi) is 7.20. The van der Waals surface area contributed by atoms with Crippen LogP contribution in [0, 0.1) is 17.5 Å². The van der Waals surface area contributed by atoms with Gasteiger partial charge in [-0.15, -0.1) is 17.7 Å². The van der Waals surface area contributed by atoms with E-state index in [1.54, 1.807) is 6.20 Å². The van der Waals surface area contributed by atoms with Crippen LogP contribution in [0.1, 0.15) is 45.7 Å². The number of anilines is 1. The summed E-state index contributed by atoms with van der Waals surface area (Å²) in [5, 5.41) is 11.8. The van der Waals surface area contributed by atoms with Gasteiger partial charge in [-0.25, -0.2) is 9.55 Å². The maximum absolute atomic E-state index is 11.8. The summed E-state index contributed by atoms with van der Waals surface area (Å²) in [4.78, 5) is 7.34. The van der Waals surface area contributed by atoms with Crippen molar-refractivity contribution in [2.45, 2.75) is 45.6 Å². The molecule has 0 aliphatic carbocycles. The third-order valence-corrected chi connectivity index (χ3v) is 13.3. The first-order chi connectivity index (χ1) is 26.5. The summed E-state index contributed by atoms with van der Waals surface area (Å²) in [6.07, 6.45) is 10.3. The molecule has 5 aromatic carbocycles. The van der Waals surface area contributed by atoms with Crippen LogP contribution >= 0.6 is 0 Å². The summed E-state index contributed by atoms with van der Waals surface area (Å²) in [6.45, 7) is 11.6. The molecule has 0 spiro atoms. The van der Waals surface area contributed by atoms with Crippen molar-refractivity contribution in [3.63, 3.8) is 0 Å². The molecule has 6 heterocycles. The van der Waals surface area contributed by atoms with E-state index in [0.717, 1.165) is 84.0 Å². The van der Waals surface area contributed by atoms with Gasteiger partial charge >= 0.3 is 0 Å². The van der Waals surface area contributed by atoms with Crippen LogP contribution < -0.4 is 9.47 Å². The molecule has 7 nitrogen and oxygen atoms in total. The minimum absolute atomic E-state index is 0. The number of hydrogen-bond donors (Lipinski definition) is 1. The SMILES string of the molecule is C[n+]1cc(O)c2c(c1)C(C)(C)C(C)(C)C1(C)C=C3c4ccccc4-c4ccccc4-c4ccc(-n5c6[c-]cccc6n6c7ccccc7nc56)[c-]c4N3[C-]=[N+]21.[Pt]. The second-order valence-electron chi connectivity index (χ2n) is 16.4. The predicted octanol–water partition coefficient (Wildman–Crippen LogP) is 9.39. The minimum atomic E-state index is -0.593. The Hall–Kier alpha value is -5.78. The van der Waals surface area contributed by atoms with Gasteiger partial charge in [-0.05, 0) is 52.9 Å². The number of aromatic hydroxyl groups is 1. The number of nitrogens with zero attached hydrogens (tertiary/aromatic N) is 6. The third kappa shape index (κ3) is 4.29. The van der Waals surface area contributed by atoms with Crippen LogP contribution in [0.15, 0.2) is 122 Å². The van der Waals surface area contributed by atoms with Crippen LogP contribution in [-0.4, -0.2) is 35.5 Å². The summed E-state index contributed by atoms with van der Waals surface area (Å²) < 4.78 is 8.52. The van der Waals surface area contributed by atoms with Crippen LogP contribution in [0.3, 0.4) is 0 Å². The number of hydrogen-bond acceptors (Lipinski definition) is 3. The fourth-order valence-electron chi connectivity index (χ4n) is 9.52. The molecule has 8 aromatic rings. The number of aromatic nitrogens is 4. The molecule has 11 rings (SSSR count). The fourth-order valence-corrected chi connectivity index (χ4v) is 9.52. The largest absolute Gasteiger partial charge is 0.508 e. The molecule has 1 N–H and O–H groups in total. The smallest absolute Gasteiger partial charge is 0.244 e. The van der Waals surface area contributed by atoms with Crippen molar-refractivity contribution in [2.75, 3.05) is 4.90 Å². The van der Waals surface area contributed by atoms with Gasteiger partial charge in [0.05, 0.1) is 16.7 Å². The second kappa shape index (κ2) is 11.6. The normalized spacial score (nSPS) is 18.6. The number of aryl methyl sites for hydroxylation is 1. The molecule has 3 aromatic heterocycles. The van der Waals surface area contributed by atoms with Gasteiger partial charge in [0.15, 0.2) is 11.9 Å². The van der Waals surface area contributed by atoms with E-state index < -0.39 is 5.54 Å². The number of fused-ring (bicyclic) bond motifs is 16. The van der Waals surface area contributed by atoms with E-state index in [1.807, 2.05) is 29.8 Å². The number of benzene rings is 5. The zero-order valence-corrected chi connectivity index (χ0v) is 34.3. The molecule has 3 aliphatic heterocycles. The van der Waals surface area contributed by atoms with Crippen LogP contribution in [0.25, 0.3) is 61.5 Å². The molecule has 0 amide bonds. The Labute approximate surface area is 340 Å². The molecule has 0 fully saturated rings. The molecule has 0 radical (unpaired) electrons. The van der Waals surface area contributed by atoms with Gasteiger partial charge in [0.2, 0.25) is 18.3 Å². The standard InChI is InChI=1S/C48H39N6O.Pt/c1-46(2)36-27-50(6)28-43(55)44(36)52-29-51-41-25-30(53-39-21-13-14-22-40(39)54-38-20-12-11-19-37(38)49-45(53)54)23-24-35(41)33-17-8-7-15-31(33)32-16-9-10-18-34(32)42(51)26-48(52,5)47(46,3)4;/h7-20,22-24,26-28,55H,1-6H3;/q-1;. The molecular formula is C48H39N6OPt-. The summed E-state index contributed by atoms with van der Waals surface area (Å²) in [5.74, 6) is 1.02. The number of imidazole rings is 2. The van der Waals surface area contributed by atoms with Crippen LogP contribution in [0.4, 0.5) is 11.4 Å². The molecule has 1 atom stereocenters.